The van der Waals surface area contributed by atoms with Gasteiger partial charge in [0.25, 0.3) is 0 Å². The number of hydrogen-bond acceptors (Lipinski definition) is 4. The number of nitrogens with one attached hydrogen (secondary N) is 4. The summed E-state index contributed by atoms with van der Waals surface area (Å²) in [5, 5.41) is 26.3. The Labute approximate surface area is 320 Å². The zero-order valence-corrected chi connectivity index (χ0v) is 30.0. The molecule has 4 N–H and O–H groups in total. The third kappa shape index (κ3) is 6.45. The van der Waals surface area contributed by atoms with Gasteiger partial charge in [0, 0.05) is 62.8 Å². The van der Waals surface area contributed by atoms with Gasteiger partial charge in [-0.3, -0.25) is 0 Å². The number of rotatable bonds is 10. The van der Waals surface area contributed by atoms with Crippen molar-refractivity contribution in [3.05, 3.63) is 199 Å². The molecule has 0 spiro atoms. The number of benzene rings is 8. The molecule has 0 aliphatic heterocycles. The molecule has 8 aromatic carbocycles. The van der Waals surface area contributed by atoms with E-state index in [-0.39, 0.29) is 0 Å². The topological polar surface area (TPSA) is 76.7 Å². The zero-order chi connectivity index (χ0) is 37.1. The van der Waals surface area contributed by atoms with E-state index >= 15 is 0 Å². The summed E-state index contributed by atoms with van der Waals surface area (Å²) in [5.41, 5.74) is 14.8. The zero-order valence-electron chi connectivity index (χ0n) is 30.0. The lowest BCUT2D eigenvalue weighted by Gasteiger charge is -2.16. The van der Waals surface area contributed by atoms with Crippen LogP contribution in [0.5, 0.6) is 0 Å². The largest absolute Gasteiger partial charge is 0.355 e. The van der Waals surface area contributed by atoms with Crippen molar-refractivity contribution in [3.63, 3.8) is 0 Å². The van der Waals surface area contributed by atoms with Crippen LogP contribution in [0.15, 0.2) is 188 Å². The Hall–Kier alpha value is -7.50. The smallest absolute Gasteiger partial charge is 0.0649 e. The summed E-state index contributed by atoms with van der Waals surface area (Å²) in [5.74, 6) is 0. The van der Waals surface area contributed by atoms with Crippen molar-refractivity contribution in [3.8, 4) is 39.1 Å². The van der Waals surface area contributed by atoms with E-state index in [1.54, 1.807) is 0 Å². The molecular weight excluding hydrogens is 671 g/mol. The molecule has 0 aliphatic carbocycles. The Balaban J connectivity index is 1.27. The lowest BCUT2D eigenvalue weighted by Crippen LogP contribution is -2.01. The number of fused-ring (bicyclic) bond motifs is 3. The van der Waals surface area contributed by atoms with Gasteiger partial charge >= 0.3 is 0 Å². The van der Waals surface area contributed by atoms with E-state index in [1.165, 1.54) is 12.4 Å². The van der Waals surface area contributed by atoms with Crippen molar-refractivity contribution < 1.29 is 0 Å². The quantitative estimate of drug-likeness (QED) is 0.107. The van der Waals surface area contributed by atoms with Crippen LogP contribution in [0.25, 0.3) is 60.9 Å². The van der Waals surface area contributed by atoms with Gasteiger partial charge in [-0.05, 0) is 106 Å². The van der Waals surface area contributed by atoms with Gasteiger partial charge in [-0.25, -0.2) is 0 Å². The van der Waals surface area contributed by atoms with E-state index in [2.05, 4.69) is 124 Å². The van der Waals surface area contributed by atoms with E-state index < -0.39 is 0 Å². The summed E-state index contributed by atoms with van der Waals surface area (Å²) < 4.78 is 2.32. The first-order valence-electron chi connectivity index (χ1n) is 18.3. The second kappa shape index (κ2) is 14.5. The van der Waals surface area contributed by atoms with Gasteiger partial charge in [0.2, 0.25) is 0 Å². The summed E-state index contributed by atoms with van der Waals surface area (Å²) in [6, 6.07) is 65.0. The molecule has 1 heterocycles. The number of aromatic nitrogens is 1. The van der Waals surface area contributed by atoms with Crippen LogP contribution in [0, 0.1) is 10.8 Å². The van der Waals surface area contributed by atoms with Crippen molar-refractivity contribution in [2.75, 3.05) is 10.6 Å². The van der Waals surface area contributed by atoms with Crippen molar-refractivity contribution >= 4 is 57.0 Å². The molecular formula is C50H37N5. The van der Waals surface area contributed by atoms with Crippen molar-refractivity contribution in [2.45, 2.75) is 0 Å². The fourth-order valence-electron chi connectivity index (χ4n) is 7.50. The van der Waals surface area contributed by atoms with Gasteiger partial charge in [-0.2, -0.15) is 0 Å². The maximum absolute atomic E-state index is 8.84. The number of hydrogen-bond donors (Lipinski definition) is 4. The molecule has 9 rings (SSSR count). The van der Waals surface area contributed by atoms with E-state index in [0.29, 0.717) is 0 Å². The summed E-state index contributed by atoms with van der Waals surface area (Å²) in [6.07, 6.45) is 2.87. The average molecular weight is 708 g/mol. The molecule has 1 aromatic heterocycles. The highest BCUT2D eigenvalue weighted by Gasteiger charge is 2.20. The Bertz CT molecular complexity index is 2770. The summed E-state index contributed by atoms with van der Waals surface area (Å²) in [6.45, 7) is 0. The second-order valence-electron chi connectivity index (χ2n) is 13.6. The van der Waals surface area contributed by atoms with Crippen LogP contribution < -0.4 is 10.6 Å². The Morgan fingerprint density at radius 2 is 0.927 bits per heavy atom. The molecule has 0 saturated heterocycles. The van der Waals surface area contributed by atoms with Crippen molar-refractivity contribution in [2.24, 2.45) is 0 Å². The summed E-state index contributed by atoms with van der Waals surface area (Å²) >= 11 is 0. The molecule has 0 amide bonds. The highest BCUT2D eigenvalue weighted by Crippen LogP contribution is 2.41. The molecule has 5 nitrogen and oxygen atoms in total. The second-order valence-corrected chi connectivity index (χ2v) is 13.6. The molecule has 0 saturated carbocycles. The van der Waals surface area contributed by atoms with Crippen LogP contribution in [-0.2, 0) is 0 Å². The van der Waals surface area contributed by atoms with Gasteiger partial charge < -0.3 is 26.0 Å². The maximum atomic E-state index is 8.84. The van der Waals surface area contributed by atoms with Crippen molar-refractivity contribution in [1.82, 2.24) is 4.57 Å². The van der Waals surface area contributed by atoms with Crippen molar-refractivity contribution in [1.29, 1.82) is 10.8 Å². The van der Waals surface area contributed by atoms with Crippen LogP contribution >= 0.6 is 0 Å². The highest BCUT2D eigenvalue weighted by molar-refractivity contribution is 6.17. The molecule has 9 aromatic rings. The van der Waals surface area contributed by atoms with Crippen LogP contribution in [0.4, 0.5) is 22.7 Å². The summed E-state index contributed by atoms with van der Waals surface area (Å²) in [7, 11) is 0. The Kier molecular flexibility index (Phi) is 8.79. The first-order chi connectivity index (χ1) is 27.2. The van der Waals surface area contributed by atoms with Gasteiger partial charge in [0.15, 0.2) is 0 Å². The molecule has 262 valence electrons. The molecule has 5 heteroatoms. The minimum absolute atomic E-state index is 0.799. The standard InChI is InChI=1S/C50H37N5/c51-32-40-27-36(21-24-47(40)53-41-17-9-3-10-18-41)37-22-26-49-45(31-37)44-23-25-48(54-42-19-11-4-12-20-42)46(33-52)50(44)55(49)43-29-38(34-13-5-1-6-14-34)28-39(30-43)35-15-7-2-8-16-35/h1-33,51-54H. The highest BCUT2D eigenvalue weighted by atomic mass is 15.0. The molecule has 0 unspecified atom stereocenters. The monoisotopic (exact) mass is 707 g/mol. The number of para-hydroxylation sites is 2. The lowest BCUT2D eigenvalue weighted by molar-refractivity contribution is 1.18. The minimum Gasteiger partial charge on any atom is -0.355 e. The van der Waals surface area contributed by atoms with Crippen LogP contribution in [0.1, 0.15) is 11.1 Å². The third-order valence-corrected chi connectivity index (χ3v) is 10.1. The Morgan fingerprint density at radius 3 is 1.51 bits per heavy atom. The molecule has 0 fully saturated rings. The fourth-order valence-corrected chi connectivity index (χ4v) is 7.50. The first kappa shape index (κ1) is 33.3. The molecule has 0 radical (unpaired) electrons. The SMILES string of the molecule is N=Cc1cc(-c2ccc3c(c2)c2ccc(Nc4ccccc4)c(C=N)c2n3-c2cc(-c3ccccc3)cc(-c3ccccc3)c2)ccc1Nc1ccccc1. The van der Waals surface area contributed by atoms with Gasteiger partial charge in [-0.1, -0.05) is 115 Å². The van der Waals surface area contributed by atoms with Crippen LogP contribution in [-0.4, -0.2) is 17.0 Å². The van der Waals surface area contributed by atoms with E-state index in [4.69, 9.17) is 10.8 Å². The fraction of sp³-hybridized carbons (Fsp3) is 0. The lowest BCUT2D eigenvalue weighted by atomic mass is 9.98. The minimum atomic E-state index is 0.799. The van der Waals surface area contributed by atoms with Gasteiger partial charge in [0.05, 0.1) is 11.0 Å². The van der Waals surface area contributed by atoms with Crippen LogP contribution in [0.2, 0.25) is 0 Å². The van der Waals surface area contributed by atoms with Gasteiger partial charge in [0.1, 0.15) is 0 Å². The van der Waals surface area contributed by atoms with Gasteiger partial charge in [-0.15, -0.1) is 0 Å². The molecule has 0 bridgehead atoms. The first-order valence-corrected chi connectivity index (χ1v) is 18.3. The van der Waals surface area contributed by atoms with E-state index in [9.17, 15) is 0 Å². The Morgan fingerprint density at radius 1 is 0.400 bits per heavy atom. The van der Waals surface area contributed by atoms with E-state index in [1.807, 2.05) is 78.9 Å². The normalized spacial score (nSPS) is 11.1. The predicted molar refractivity (Wildman–Crippen MR) is 232 cm³/mol. The van der Waals surface area contributed by atoms with E-state index in [0.717, 1.165) is 94.8 Å². The number of anilines is 4. The average Bonchev–Trinajstić information content (AvgIpc) is 3.58. The maximum Gasteiger partial charge on any atom is 0.0649 e. The predicted octanol–water partition coefficient (Wildman–Crippen LogP) is 13.3. The summed E-state index contributed by atoms with van der Waals surface area (Å²) in [4.78, 5) is 0. The number of nitrogens with zero attached hydrogens (tertiary/aromatic N) is 1. The molecule has 0 aliphatic rings. The third-order valence-electron chi connectivity index (χ3n) is 10.1. The van der Waals surface area contributed by atoms with Crippen LogP contribution in [0.3, 0.4) is 0 Å². The molecule has 0 atom stereocenters. The molecule has 55 heavy (non-hydrogen) atoms.